The van der Waals surface area contributed by atoms with Gasteiger partial charge in [0.1, 0.15) is 6.33 Å². The summed E-state index contributed by atoms with van der Waals surface area (Å²) in [6, 6.07) is 10.8. The molecule has 3 aromatic rings. The lowest BCUT2D eigenvalue weighted by Crippen LogP contribution is -2.39. The Balaban J connectivity index is 1.36. The number of nitrogens with one attached hydrogen (secondary N) is 1. The van der Waals surface area contributed by atoms with Gasteiger partial charge in [-0.15, -0.1) is 10.2 Å². The van der Waals surface area contributed by atoms with Crippen LogP contribution in [0, 0.1) is 19.8 Å². The minimum atomic E-state index is 0.658. The molecule has 27 heavy (non-hydrogen) atoms. The number of hydrogen-bond acceptors (Lipinski definition) is 5. The lowest BCUT2D eigenvalue weighted by molar-refractivity contribution is 0.182. The van der Waals surface area contributed by atoms with E-state index >= 15 is 0 Å². The Kier molecular flexibility index (Phi) is 5.34. The summed E-state index contributed by atoms with van der Waals surface area (Å²) >= 11 is 0. The molecular formula is C21H28N6. The molecule has 0 bridgehead atoms. The molecule has 1 N–H and O–H groups in total. The van der Waals surface area contributed by atoms with Crippen molar-refractivity contribution in [3.8, 4) is 0 Å². The minimum Gasteiger partial charge on any atom is -0.381 e. The van der Waals surface area contributed by atoms with Crippen molar-refractivity contribution in [2.45, 2.75) is 33.1 Å². The van der Waals surface area contributed by atoms with Gasteiger partial charge in [0, 0.05) is 19.6 Å². The molecule has 0 aliphatic carbocycles. The molecule has 1 aliphatic heterocycles. The monoisotopic (exact) mass is 364 g/mol. The molecular weight excluding hydrogens is 336 g/mol. The number of piperidine rings is 1. The number of hydrogen-bond donors (Lipinski definition) is 1. The highest BCUT2D eigenvalue weighted by Crippen LogP contribution is 2.23. The topological polar surface area (TPSA) is 58.4 Å². The van der Waals surface area contributed by atoms with E-state index in [2.05, 4.69) is 62.8 Å². The Labute approximate surface area is 160 Å². The van der Waals surface area contributed by atoms with E-state index in [1.807, 2.05) is 6.92 Å². The highest BCUT2D eigenvalue weighted by molar-refractivity contribution is 5.71. The van der Waals surface area contributed by atoms with Gasteiger partial charge in [-0.1, -0.05) is 30.3 Å². The van der Waals surface area contributed by atoms with Crippen LogP contribution in [-0.2, 0) is 6.42 Å². The average molecular weight is 364 g/mol. The van der Waals surface area contributed by atoms with Crippen LogP contribution >= 0.6 is 0 Å². The number of rotatable bonds is 6. The number of aromatic nitrogens is 4. The maximum Gasteiger partial charge on any atom is 0.200 e. The van der Waals surface area contributed by atoms with Gasteiger partial charge in [-0.05, 0) is 56.7 Å². The maximum absolute atomic E-state index is 4.50. The number of nitrogens with zero attached hydrogens (tertiary/aromatic N) is 5. The van der Waals surface area contributed by atoms with Crippen molar-refractivity contribution in [1.82, 2.24) is 24.7 Å². The van der Waals surface area contributed by atoms with Gasteiger partial charge in [0.05, 0.1) is 11.4 Å². The third-order valence-corrected chi connectivity index (χ3v) is 5.66. The summed E-state index contributed by atoms with van der Waals surface area (Å²) in [7, 11) is 0. The molecule has 1 unspecified atom stereocenters. The molecule has 142 valence electrons. The summed E-state index contributed by atoms with van der Waals surface area (Å²) in [4.78, 5) is 2.61. The zero-order valence-corrected chi connectivity index (χ0v) is 16.2. The van der Waals surface area contributed by atoms with E-state index in [0.29, 0.717) is 5.92 Å². The Hall–Kier alpha value is -2.47. The van der Waals surface area contributed by atoms with Crippen LogP contribution in [0.3, 0.4) is 0 Å². The average Bonchev–Trinajstić information content (AvgIpc) is 3.16. The van der Waals surface area contributed by atoms with Crippen LogP contribution in [0.25, 0.3) is 5.65 Å². The van der Waals surface area contributed by atoms with Crippen molar-refractivity contribution in [2.75, 3.05) is 31.5 Å². The molecule has 6 nitrogen and oxygen atoms in total. The van der Waals surface area contributed by atoms with Crippen LogP contribution in [0.1, 0.15) is 29.7 Å². The Bertz CT molecular complexity index is 888. The first-order chi connectivity index (χ1) is 13.2. The van der Waals surface area contributed by atoms with Crippen molar-refractivity contribution in [3.05, 3.63) is 53.5 Å². The van der Waals surface area contributed by atoms with Crippen molar-refractivity contribution >= 4 is 11.3 Å². The van der Waals surface area contributed by atoms with Crippen molar-refractivity contribution < 1.29 is 0 Å². The predicted octanol–water partition coefficient (Wildman–Crippen LogP) is 3.11. The summed E-state index contributed by atoms with van der Waals surface area (Å²) in [5, 5.41) is 16.4. The lowest BCUT2D eigenvalue weighted by atomic mass is 9.97. The molecule has 0 spiro atoms. The Morgan fingerprint density at radius 1 is 1.19 bits per heavy atom. The molecule has 1 aromatic carbocycles. The smallest absolute Gasteiger partial charge is 0.200 e. The SMILES string of the molecule is Cc1nn2cnnc2c(NCC2CCCN(CCc3ccccc3)C2)c1C. The third-order valence-electron chi connectivity index (χ3n) is 5.66. The van der Waals surface area contributed by atoms with E-state index in [4.69, 9.17) is 0 Å². The van der Waals surface area contributed by atoms with Gasteiger partial charge in [-0.2, -0.15) is 9.61 Å². The van der Waals surface area contributed by atoms with Crippen molar-refractivity contribution in [3.63, 3.8) is 0 Å². The largest absolute Gasteiger partial charge is 0.381 e. The molecule has 2 aromatic heterocycles. The van der Waals surface area contributed by atoms with Crippen LogP contribution < -0.4 is 5.32 Å². The van der Waals surface area contributed by atoms with Gasteiger partial charge >= 0.3 is 0 Å². The molecule has 4 rings (SSSR count). The number of aryl methyl sites for hydroxylation is 1. The van der Waals surface area contributed by atoms with E-state index in [1.54, 1.807) is 10.8 Å². The minimum absolute atomic E-state index is 0.658. The molecule has 0 amide bonds. The van der Waals surface area contributed by atoms with Gasteiger partial charge in [-0.25, -0.2) is 0 Å². The Morgan fingerprint density at radius 2 is 2.04 bits per heavy atom. The van der Waals surface area contributed by atoms with Gasteiger partial charge in [0.15, 0.2) is 0 Å². The number of benzene rings is 1. The molecule has 0 saturated carbocycles. The number of likely N-dealkylation sites (tertiary alicyclic amines) is 1. The standard InChI is InChI=1S/C21H28N6/c1-16-17(2)25-27-15-23-24-21(27)20(16)22-13-19-9-6-11-26(14-19)12-10-18-7-4-3-5-8-18/h3-5,7-8,15,19,22H,6,9-14H2,1-2H3. The Morgan fingerprint density at radius 3 is 2.89 bits per heavy atom. The zero-order valence-electron chi connectivity index (χ0n) is 16.2. The zero-order chi connectivity index (χ0) is 18.6. The fourth-order valence-electron chi connectivity index (χ4n) is 3.96. The summed E-state index contributed by atoms with van der Waals surface area (Å²) < 4.78 is 1.76. The quantitative estimate of drug-likeness (QED) is 0.728. The molecule has 1 saturated heterocycles. The van der Waals surface area contributed by atoms with Gasteiger partial charge < -0.3 is 10.2 Å². The van der Waals surface area contributed by atoms with E-state index in [-0.39, 0.29) is 0 Å². The highest BCUT2D eigenvalue weighted by Gasteiger charge is 2.20. The summed E-state index contributed by atoms with van der Waals surface area (Å²) in [5.74, 6) is 0.658. The van der Waals surface area contributed by atoms with Crippen LogP contribution in [-0.4, -0.2) is 50.9 Å². The van der Waals surface area contributed by atoms with E-state index < -0.39 is 0 Å². The summed E-state index contributed by atoms with van der Waals surface area (Å²) in [6.45, 7) is 8.62. The van der Waals surface area contributed by atoms with Gasteiger partial charge in [0.25, 0.3) is 0 Å². The first kappa shape index (κ1) is 17.9. The normalized spacial score (nSPS) is 18.1. The molecule has 1 atom stereocenters. The summed E-state index contributed by atoms with van der Waals surface area (Å²) in [6.07, 6.45) is 5.35. The second-order valence-corrected chi connectivity index (χ2v) is 7.61. The van der Waals surface area contributed by atoms with E-state index in [0.717, 1.165) is 48.6 Å². The van der Waals surface area contributed by atoms with Crippen LogP contribution in [0.4, 0.5) is 5.69 Å². The first-order valence-corrected chi connectivity index (χ1v) is 9.88. The van der Waals surface area contributed by atoms with Crippen molar-refractivity contribution in [1.29, 1.82) is 0 Å². The fraction of sp³-hybridized carbons (Fsp3) is 0.476. The van der Waals surface area contributed by atoms with Crippen LogP contribution in [0.2, 0.25) is 0 Å². The summed E-state index contributed by atoms with van der Waals surface area (Å²) in [5.41, 5.74) is 5.48. The van der Waals surface area contributed by atoms with Crippen molar-refractivity contribution in [2.24, 2.45) is 5.92 Å². The first-order valence-electron chi connectivity index (χ1n) is 9.88. The van der Waals surface area contributed by atoms with Crippen LogP contribution in [0.5, 0.6) is 0 Å². The molecule has 0 radical (unpaired) electrons. The maximum atomic E-state index is 4.50. The number of fused-ring (bicyclic) bond motifs is 1. The molecule has 6 heteroatoms. The molecule has 3 heterocycles. The number of anilines is 1. The lowest BCUT2D eigenvalue weighted by Gasteiger charge is -2.33. The van der Waals surface area contributed by atoms with Gasteiger partial charge in [-0.3, -0.25) is 0 Å². The molecule has 1 aliphatic rings. The fourth-order valence-corrected chi connectivity index (χ4v) is 3.96. The highest BCUT2D eigenvalue weighted by atomic mass is 15.3. The van der Waals surface area contributed by atoms with Gasteiger partial charge in [0.2, 0.25) is 5.65 Å². The second-order valence-electron chi connectivity index (χ2n) is 7.61. The molecule has 1 fully saturated rings. The third kappa shape index (κ3) is 4.11. The van der Waals surface area contributed by atoms with E-state index in [1.165, 1.54) is 24.9 Å². The predicted molar refractivity (Wildman–Crippen MR) is 108 cm³/mol. The van der Waals surface area contributed by atoms with Crippen LogP contribution in [0.15, 0.2) is 36.7 Å². The van der Waals surface area contributed by atoms with E-state index in [9.17, 15) is 0 Å². The second kappa shape index (κ2) is 8.05.